The van der Waals surface area contributed by atoms with Crippen molar-refractivity contribution in [2.24, 2.45) is 0 Å². The highest BCUT2D eigenvalue weighted by atomic mass is 33.1. The molecule has 0 aliphatic heterocycles. The van der Waals surface area contributed by atoms with Crippen LogP contribution in [-0.4, -0.2) is 111 Å². The van der Waals surface area contributed by atoms with E-state index >= 15 is 0 Å². The van der Waals surface area contributed by atoms with E-state index in [-0.39, 0.29) is 74.0 Å². The van der Waals surface area contributed by atoms with Crippen LogP contribution in [-0.2, 0) is 38.4 Å². The molecule has 0 aromatic carbocycles. The van der Waals surface area contributed by atoms with Gasteiger partial charge in [0.25, 0.3) is 0 Å². The Hall–Kier alpha value is -2.24. The van der Waals surface area contributed by atoms with Crippen molar-refractivity contribution in [3.63, 3.8) is 0 Å². The minimum Gasteiger partial charge on any atom is -0.480 e. The lowest BCUT2D eigenvalue weighted by atomic mass is 9.99. The highest BCUT2D eigenvalue weighted by molar-refractivity contribution is 8.76. The standard InChI is InChI=1S/C31H50N4O9S4/c1-4-5-14-45-25-8-9-26(25)46-15-6-7-24(38)22(34-29(41)12-10-27(39)32-16-20(2)36)18-47-48-19-23(31(43)44)35-30(42)13-11-28(40)33-17-21(3)37/h22-23,25-26H,4-19H2,1-3H3,(H,32,39)(H,33,40)(H,34,41)(H,35,42)(H,43,44). The zero-order chi connectivity index (χ0) is 35.9. The number of carboxylic acid groups (broad SMARTS) is 1. The summed E-state index contributed by atoms with van der Waals surface area (Å²) in [6, 6.07) is -2.10. The Bertz CT molecular complexity index is 1110. The predicted octanol–water partition coefficient (Wildman–Crippen LogP) is 2.54. The average Bonchev–Trinajstić information content (AvgIpc) is 3.02. The predicted molar refractivity (Wildman–Crippen MR) is 193 cm³/mol. The van der Waals surface area contributed by atoms with Crippen LogP contribution in [0.3, 0.4) is 0 Å². The number of ketones is 3. The van der Waals surface area contributed by atoms with Gasteiger partial charge in [-0.2, -0.15) is 23.5 Å². The number of aliphatic carboxylic acids is 1. The van der Waals surface area contributed by atoms with Gasteiger partial charge >= 0.3 is 5.97 Å². The minimum atomic E-state index is -1.27. The third-order valence-corrected chi connectivity index (χ3v) is 12.6. The number of amides is 4. The second-order valence-electron chi connectivity index (χ2n) is 11.4. The maximum absolute atomic E-state index is 13.2. The van der Waals surface area contributed by atoms with Crippen molar-refractivity contribution < 1.29 is 43.5 Å². The first kappa shape index (κ1) is 43.8. The number of hydrogen-bond donors (Lipinski definition) is 5. The maximum atomic E-state index is 13.2. The molecule has 1 aliphatic carbocycles. The largest absolute Gasteiger partial charge is 0.480 e. The molecule has 272 valence electrons. The van der Waals surface area contributed by atoms with Crippen LogP contribution < -0.4 is 21.3 Å². The monoisotopic (exact) mass is 750 g/mol. The van der Waals surface area contributed by atoms with E-state index in [0.29, 0.717) is 16.9 Å². The van der Waals surface area contributed by atoms with Gasteiger partial charge in [-0.05, 0) is 51.0 Å². The van der Waals surface area contributed by atoms with E-state index in [1.807, 2.05) is 23.5 Å². The van der Waals surface area contributed by atoms with Crippen molar-refractivity contribution in [2.45, 2.75) is 108 Å². The summed E-state index contributed by atoms with van der Waals surface area (Å²) < 4.78 is 0. The molecule has 4 unspecified atom stereocenters. The molecule has 0 spiro atoms. The van der Waals surface area contributed by atoms with E-state index in [1.165, 1.54) is 56.1 Å². The Balaban J connectivity index is 2.61. The van der Waals surface area contributed by atoms with Crippen LogP contribution in [0.1, 0.15) is 85.0 Å². The summed E-state index contributed by atoms with van der Waals surface area (Å²) in [6.07, 6.45) is 4.97. The number of thioether (sulfide) groups is 2. The molecule has 48 heavy (non-hydrogen) atoms. The van der Waals surface area contributed by atoms with Crippen LogP contribution >= 0.6 is 45.1 Å². The van der Waals surface area contributed by atoms with Gasteiger partial charge in [-0.1, -0.05) is 34.9 Å². The normalized spacial score (nSPS) is 16.5. The van der Waals surface area contributed by atoms with Gasteiger partial charge in [-0.3, -0.25) is 33.6 Å². The number of unbranched alkanes of at least 4 members (excludes halogenated alkanes) is 1. The molecule has 1 aliphatic rings. The molecule has 13 nitrogen and oxygen atoms in total. The summed E-state index contributed by atoms with van der Waals surface area (Å²) in [5.41, 5.74) is 0. The highest BCUT2D eigenvalue weighted by Gasteiger charge is 2.31. The first-order valence-corrected chi connectivity index (χ1v) is 20.7. The summed E-state index contributed by atoms with van der Waals surface area (Å²) in [6.45, 7) is 4.56. The molecule has 0 radical (unpaired) electrons. The number of carbonyl (C=O) groups is 8. The second kappa shape index (κ2) is 25.7. The molecule has 1 fully saturated rings. The van der Waals surface area contributed by atoms with Gasteiger partial charge in [0, 0.05) is 54.1 Å². The van der Waals surface area contributed by atoms with Gasteiger partial charge < -0.3 is 26.4 Å². The Morgan fingerprint density at radius 2 is 1.08 bits per heavy atom. The Morgan fingerprint density at radius 1 is 0.646 bits per heavy atom. The molecular weight excluding hydrogens is 701 g/mol. The SMILES string of the molecule is CCCCSC1CCC1SCCCC(=O)C(CSSCC(NC(=O)CCC(=O)NCC(C)=O)C(=O)O)NC(=O)CCC(=O)NCC(C)=O. The third kappa shape index (κ3) is 21.0. The van der Waals surface area contributed by atoms with E-state index in [0.717, 1.165) is 16.5 Å². The molecule has 0 bridgehead atoms. The van der Waals surface area contributed by atoms with Gasteiger partial charge in [0.15, 0.2) is 5.78 Å². The molecule has 4 atom stereocenters. The number of nitrogens with one attached hydrogen (secondary N) is 4. The summed E-state index contributed by atoms with van der Waals surface area (Å²) in [5, 5.41) is 20.7. The Kier molecular flexibility index (Phi) is 23.4. The Morgan fingerprint density at radius 3 is 1.52 bits per heavy atom. The lowest BCUT2D eigenvalue weighted by Crippen LogP contribution is -2.43. The van der Waals surface area contributed by atoms with Crippen molar-refractivity contribution in [1.82, 2.24) is 21.3 Å². The number of Topliss-reactive ketones (excluding diaryl/α,β-unsaturated/α-hetero) is 3. The first-order valence-electron chi connectivity index (χ1n) is 16.2. The lowest BCUT2D eigenvalue weighted by Gasteiger charge is -2.35. The van der Waals surface area contributed by atoms with E-state index in [4.69, 9.17) is 0 Å². The van der Waals surface area contributed by atoms with Gasteiger partial charge in [0.2, 0.25) is 23.6 Å². The van der Waals surface area contributed by atoms with Crippen LogP contribution in [0.4, 0.5) is 0 Å². The zero-order valence-electron chi connectivity index (χ0n) is 28.0. The Labute approximate surface area is 299 Å². The number of carbonyl (C=O) groups excluding carboxylic acids is 7. The van der Waals surface area contributed by atoms with Crippen molar-refractivity contribution >= 4 is 92.1 Å². The van der Waals surface area contributed by atoms with Crippen LogP contribution in [0.2, 0.25) is 0 Å². The smallest absolute Gasteiger partial charge is 0.327 e. The van der Waals surface area contributed by atoms with E-state index in [9.17, 15) is 43.5 Å². The molecule has 5 N–H and O–H groups in total. The molecule has 0 aromatic heterocycles. The fourth-order valence-electron chi connectivity index (χ4n) is 4.09. The van der Waals surface area contributed by atoms with Crippen molar-refractivity contribution in [2.75, 3.05) is 36.1 Å². The summed E-state index contributed by atoms with van der Waals surface area (Å²) in [7, 11) is 2.30. The quantitative estimate of drug-likeness (QED) is 0.0577. The van der Waals surface area contributed by atoms with Gasteiger partial charge in [0.1, 0.15) is 17.6 Å². The van der Waals surface area contributed by atoms with Crippen LogP contribution in [0.25, 0.3) is 0 Å². The number of hydrogen-bond acceptors (Lipinski definition) is 12. The van der Waals surface area contributed by atoms with Crippen LogP contribution in [0.5, 0.6) is 0 Å². The fourth-order valence-corrected chi connectivity index (χ4v) is 9.59. The second-order valence-corrected chi connectivity index (χ2v) is 16.7. The van der Waals surface area contributed by atoms with E-state index in [1.54, 1.807) is 0 Å². The van der Waals surface area contributed by atoms with Crippen molar-refractivity contribution in [1.29, 1.82) is 0 Å². The highest BCUT2D eigenvalue weighted by Crippen LogP contribution is 2.40. The molecule has 1 saturated carbocycles. The molecule has 1 rings (SSSR count). The molecule has 4 amide bonds. The van der Waals surface area contributed by atoms with E-state index in [2.05, 4.69) is 28.2 Å². The summed E-state index contributed by atoms with van der Waals surface area (Å²) in [5.74, 6) is -1.84. The topological polar surface area (TPSA) is 205 Å². The lowest BCUT2D eigenvalue weighted by molar-refractivity contribution is -0.141. The molecule has 0 saturated heterocycles. The molecule has 0 heterocycles. The number of rotatable bonds is 28. The molecule has 0 aromatic rings. The van der Waals surface area contributed by atoms with Crippen LogP contribution in [0.15, 0.2) is 0 Å². The van der Waals surface area contributed by atoms with Crippen LogP contribution in [0, 0.1) is 0 Å². The summed E-state index contributed by atoms with van der Waals surface area (Å²) in [4.78, 5) is 95.5. The number of carboxylic acids is 1. The fraction of sp³-hybridized carbons (Fsp3) is 0.742. The van der Waals surface area contributed by atoms with Crippen molar-refractivity contribution in [3.8, 4) is 0 Å². The third-order valence-electron chi connectivity index (χ3n) is 7.02. The summed E-state index contributed by atoms with van der Waals surface area (Å²) >= 11 is 3.93. The first-order chi connectivity index (χ1) is 22.8. The molecule has 17 heteroatoms. The van der Waals surface area contributed by atoms with Crippen molar-refractivity contribution in [3.05, 3.63) is 0 Å². The minimum absolute atomic E-state index is 0.0388. The van der Waals surface area contributed by atoms with Gasteiger partial charge in [-0.25, -0.2) is 4.79 Å². The maximum Gasteiger partial charge on any atom is 0.327 e. The average molecular weight is 751 g/mol. The van der Waals surface area contributed by atoms with Gasteiger partial charge in [0.05, 0.1) is 19.1 Å². The van der Waals surface area contributed by atoms with E-state index < -0.39 is 41.7 Å². The zero-order valence-corrected chi connectivity index (χ0v) is 31.2. The van der Waals surface area contributed by atoms with Gasteiger partial charge in [-0.15, -0.1) is 0 Å². The molecular formula is C31H50N4O9S4.